The monoisotopic (exact) mass is 366 g/mol. The standard InChI is InChI=1S/C16H18N2O4S2/c1-24(19,20)18-12-2-4-14(11(8-12)10-17)22-13-3-5-15-16(9-13)23-7-6-21-15/h2-5,8-9,18H,6-7,10,17H2,1H3. The van der Waals surface area contributed by atoms with Crippen LogP contribution in [-0.4, -0.2) is 27.0 Å². The predicted octanol–water partition coefficient (Wildman–Crippen LogP) is 2.79. The Kier molecular flexibility index (Phi) is 4.88. The second-order valence-electron chi connectivity index (χ2n) is 5.31. The average molecular weight is 366 g/mol. The fourth-order valence-electron chi connectivity index (χ4n) is 2.33. The van der Waals surface area contributed by atoms with E-state index in [0.29, 0.717) is 29.4 Å². The van der Waals surface area contributed by atoms with Gasteiger partial charge in [-0.05, 0) is 36.4 Å². The Bertz CT molecular complexity index is 853. The van der Waals surface area contributed by atoms with E-state index in [1.54, 1.807) is 30.0 Å². The van der Waals surface area contributed by atoms with Gasteiger partial charge in [-0.1, -0.05) is 0 Å². The minimum Gasteiger partial charge on any atom is -0.492 e. The first-order chi connectivity index (χ1) is 11.4. The molecular weight excluding hydrogens is 348 g/mol. The molecule has 2 aromatic rings. The summed E-state index contributed by atoms with van der Waals surface area (Å²) in [5.74, 6) is 3.06. The Morgan fingerprint density at radius 1 is 1.29 bits per heavy atom. The minimum atomic E-state index is -3.33. The van der Waals surface area contributed by atoms with Gasteiger partial charge in [-0.25, -0.2) is 8.42 Å². The number of hydrogen-bond acceptors (Lipinski definition) is 6. The van der Waals surface area contributed by atoms with E-state index in [4.69, 9.17) is 15.2 Å². The van der Waals surface area contributed by atoms with E-state index >= 15 is 0 Å². The van der Waals surface area contributed by atoms with Crippen molar-refractivity contribution in [1.82, 2.24) is 0 Å². The Labute approximate surface area is 145 Å². The quantitative estimate of drug-likeness (QED) is 0.846. The summed E-state index contributed by atoms with van der Waals surface area (Å²) >= 11 is 1.73. The number of nitrogens with one attached hydrogen (secondary N) is 1. The predicted molar refractivity (Wildman–Crippen MR) is 95.5 cm³/mol. The summed E-state index contributed by atoms with van der Waals surface area (Å²) in [4.78, 5) is 1.04. The maximum Gasteiger partial charge on any atom is 0.229 e. The lowest BCUT2D eigenvalue weighted by molar-refractivity contribution is 0.329. The number of thioether (sulfide) groups is 1. The largest absolute Gasteiger partial charge is 0.492 e. The Morgan fingerprint density at radius 3 is 2.88 bits per heavy atom. The van der Waals surface area contributed by atoms with Crippen LogP contribution in [0.1, 0.15) is 5.56 Å². The maximum absolute atomic E-state index is 11.3. The van der Waals surface area contributed by atoms with Crippen molar-refractivity contribution >= 4 is 27.5 Å². The number of ether oxygens (including phenoxy) is 2. The third-order valence-corrected chi connectivity index (χ3v) is 4.93. The molecule has 0 bridgehead atoms. The third kappa shape index (κ3) is 4.14. The van der Waals surface area contributed by atoms with Gasteiger partial charge in [0.2, 0.25) is 10.0 Å². The van der Waals surface area contributed by atoms with E-state index in [2.05, 4.69) is 4.72 Å². The van der Waals surface area contributed by atoms with Gasteiger partial charge in [-0.3, -0.25) is 4.72 Å². The summed E-state index contributed by atoms with van der Waals surface area (Å²) in [6, 6.07) is 10.7. The lowest BCUT2D eigenvalue weighted by atomic mass is 10.2. The van der Waals surface area contributed by atoms with E-state index in [9.17, 15) is 8.42 Å². The zero-order valence-electron chi connectivity index (χ0n) is 13.1. The minimum absolute atomic E-state index is 0.234. The molecule has 6 nitrogen and oxygen atoms in total. The SMILES string of the molecule is CS(=O)(=O)Nc1ccc(Oc2ccc3c(c2)SCCO3)c(CN)c1. The zero-order chi connectivity index (χ0) is 17.2. The van der Waals surface area contributed by atoms with Gasteiger partial charge in [0, 0.05) is 23.5 Å². The number of hydrogen-bond donors (Lipinski definition) is 2. The molecule has 8 heteroatoms. The number of rotatable bonds is 5. The van der Waals surface area contributed by atoms with E-state index < -0.39 is 10.0 Å². The molecule has 0 unspecified atom stereocenters. The first-order valence-corrected chi connectivity index (χ1v) is 10.2. The molecule has 0 aliphatic carbocycles. The molecule has 0 amide bonds. The second-order valence-corrected chi connectivity index (χ2v) is 8.19. The van der Waals surface area contributed by atoms with Crippen molar-refractivity contribution in [3.63, 3.8) is 0 Å². The summed E-state index contributed by atoms with van der Waals surface area (Å²) in [6.07, 6.45) is 1.10. The third-order valence-electron chi connectivity index (χ3n) is 3.33. The van der Waals surface area contributed by atoms with E-state index in [0.717, 1.165) is 22.7 Å². The van der Waals surface area contributed by atoms with Crippen LogP contribution in [0.5, 0.6) is 17.2 Å². The van der Waals surface area contributed by atoms with Crippen molar-refractivity contribution in [2.24, 2.45) is 5.73 Å². The maximum atomic E-state index is 11.3. The molecule has 24 heavy (non-hydrogen) atoms. The van der Waals surface area contributed by atoms with Crippen molar-refractivity contribution in [2.45, 2.75) is 11.4 Å². The van der Waals surface area contributed by atoms with Crippen LogP contribution in [0.2, 0.25) is 0 Å². The second kappa shape index (κ2) is 6.92. The van der Waals surface area contributed by atoms with Crippen LogP contribution in [-0.2, 0) is 16.6 Å². The van der Waals surface area contributed by atoms with Gasteiger partial charge in [-0.15, -0.1) is 11.8 Å². The Morgan fingerprint density at radius 2 is 2.12 bits per heavy atom. The molecule has 1 heterocycles. The molecule has 0 aromatic heterocycles. The van der Waals surface area contributed by atoms with Crippen molar-refractivity contribution in [3.8, 4) is 17.2 Å². The van der Waals surface area contributed by atoms with Crippen LogP contribution >= 0.6 is 11.8 Å². The van der Waals surface area contributed by atoms with E-state index in [1.807, 2.05) is 18.2 Å². The number of sulfonamides is 1. The molecule has 0 fully saturated rings. The molecule has 0 spiro atoms. The first kappa shape index (κ1) is 16.9. The zero-order valence-corrected chi connectivity index (χ0v) is 14.7. The van der Waals surface area contributed by atoms with Crippen molar-refractivity contribution in [1.29, 1.82) is 0 Å². The molecule has 0 saturated carbocycles. The smallest absolute Gasteiger partial charge is 0.229 e. The average Bonchev–Trinajstić information content (AvgIpc) is 2.54. The number of nitrogens with two attached hydrogens (primary N) is 1. The van der Waals surface area contributed by atoms with E-state index in [1.165, 1.54) is 0 Å². The van der Waals surface area contributed by atoms with Crippen LogP contribution in [0.4, 0.5) is 5.69 Å². The lowest BCUT2D eigenvalue weighted by Crippen LogP contribution is -2.10. The molecule has 1 aliphatic heterocycles. The van der Waals surface area contributed by atoms with Crippen molar-refractivity contribution in [2.75, 3.05) is 23.3 Å². The molecule has 3 N–H and O–H groups in total. The van der Waals surface area contributed by atoms with Gasteiger partial charge >= 0.3 is 0 Å². The number of anilines is 1. The summed E-state index contributed by atoms with van der Waals surface area (Å²) in [6.45, 7) is 0.946. The highest BCUT2D eigenvalue weighted by molar-refractivity contribution is 7.99. The van der Waals surface area contributed by atoms with Gasteiger partial charge < -0.3 is 15.2 Å². The summed E-state index contributed by atoms with van der Waals surface area (Å²) in [7, 11) is -3.33. The van der Waals surface area contributed by atoms with Crippen molar-refractivity contribution < 1.29 is 17.9 Å². The van der Waals surface area contributed by atoms with Gasteiger partial charge in [-0.2, -0.15) is 0 Å². The number of benzene rings is 2. The first-order valence-electron chi connectivity index (χ1n) is 7.33. The molecule has 0 atom stereocenters. The van der Waals surface area contributed by atoms with Gasteiger partial charge in [0.05, 0.1) is 17.8 Å². The molecule has 128 valence electrons. The molecule has 3 rings (SSSR count). The number of fused-ring (bicyclic) bond motifs is 1. The van der Waals surface area contributed by atoms with Crippen LogP contribution in [0, 0.1) is 0 Å². The molecule has 0 radical (unpaired) electrons. The van der Waals surface area contributed by atoms with Gasteiger partial charge in [0.1, 0.15) is 17.2 Å². The van der Waals surface area contributed by atoms with Gasteiger partial charge in [0.25, 0.3) is 0 Å². The molecular formula is C16H18N2O4S2. The highest BCUT2D eigenvalue weighted by Gasteiger charge is 2.13. The fraction of sp³-hybridized carbons (Fsp3) is 0.250. The van der Waals surface area contributed by atoms with Crippen LogP contribution in [0.3, 0.4) is 0 Å². The van der Waals surface area contributed by atoms with Crippen LogP contribution in [0.15, 0.2) is 41.3 Å². The molecule has 1 aliphatic rings. The normalized spacial score (nSPS) is 13.8. The van der Waals surface area contributed by atoms with Crippen molar-refractivity contribution in [3.05, 3.63) is 42.0 Å². The Hall–Kier alpha value is -1.90. The van der Waals surface area contributed by atoms with E-state index in [-0.39, 0.29) is 6.54 Å². The highest BCUT2D eigenvalue weighted by Crippen LogP contribution is 2.37. The summed E-state index contributed by atoms with van der Waals surface area (Å²) in [5.41, 5.74) is 6.94. The summed E-state index contributed by atoms with van der Waals surface area (Å²) < 4.78 is 36.6. The van der Waals surface area contributed by atoms with Crippen LogP contribution in [0.25, 0.3) is 0 Å². The lowest BCUT2D eigenvalue weighted by Gasteiger charge is -2.18. The molecule has 2 aromatic carbocycles. The fourth-order valence-corrected chi connectivity index (χ4v) is 3.74. The Balaban J connectivity index is 1.84. The molecule has 0 saturated heterocycles. The van der Waals surface area contributed by atoms with Gasteiger partial charge in [0.15, 0.2) is 0 Å². The highest BCUT2D eigenvalue weighted by atomic mass is 32.2. The topological polar surface area (TPSA) is 90.7 Å². The van der Waals surface area contributed by atoms with Crippen LogP contribution < -0.4 is 19.9 Å². The summed E-state index contributed by atoms with van der Waals surface area (Å²) in [5, 5.41) is 0.